The molecule has 5 heteroatoms. The van der Waals surface area contributed by atoms with Crippen molar-refractivity contribution in [2.45, 2.75) is 19.4 Å². The minimum Gasteiger partial charge on any atom is -0.468 e. The van der Waals surface area contributed by atoms with E-state index in [4.69, 9.17) is 4.74 Å². The molecule has 0 aliphatic rings. The highest BCUT2D eigenvalue weighted by Crippen LogP contribution is 2.27. The van der Waals surface area contributed by atoms with E-state index in [2.05, 4.69) is 0 Å². The van der Waals surface area contributed by atoms with E-state index in [1.165, 1.54) is 12.1 Å². The van der Waals surface area contributed by atoms with E-state index < -0.39 is 11.0 Å². The Balaban J connectivity index is 2.15. The molecule has 0 fully saturated rings. The monoisotopic (exact) mass is 282 g/mol. The normalized spacial score (nSPS) is 11.4. The van der Waals surface area contributed by atoms with Crippen LogP contribution in [0.5, 0.6) is 5.75 Å². The van der Waals surface area contributed by atoms with Crippen LogP contribution in [0.3, 0.4) is 0 Å². The molecule has 0 saturated heterocycles. The summed E-state index contributed by atoms with van der Waals surface area (Å²) in [5.74, 6) is 0.112. The third kappa shape index (κ3) is 3.80. The van der Waals surface area contributed by atoms with Crippen molar-refractivity contribution in [1.29, 1.82) is 5.26 Å². The molecular weight excluding hydrogens is 268 g/mol. The SMILES string of the molecule is Cc1ccc(C[C@@H](C#N)Oc2ccccc2[N+](=O)[O-])cc1. The van der Waals surface area contributed by atoms with Crippen molar-refractivity contribution in [3.05, 3.63) is 69.8 Å². The Morgan fingerprint density at radius 1 is 1.24 bits per heavy atom. The van der Waals surface area contributed by atoms with Gasteiger partial charge in [0.15, 0.2) is 11.9 Å². The number of nitro groups is 1. The molecule has 0 spiro atoms. The second-order valence-corrected chi connectivity index (χ2v) is 4.65. The topological polar surface area (TPSA) is 76.2 Å². The van der Waals surface area contributed by atoms with E-state index in [1.54, 1.807) is 12.1 Å². The van der Waals surface area contributed by atoms with Gasteiger partial charge in [0.1, 0.15) is 6.07 Å². The van der Waals surface area contributed by atoms with Crippen LogP contribution in [0.15, 0.2) is 48.5 Å². The zero-order chi connectivity index (χ0) is 15.2. The number of nitro benzene ring substituents is 1. The molecule has 2 rings (SSSR count). The summed E-state index contributed by atoms with van der Waals surface area (Å²) in [5, 5.41) is 20.1. The van der Waals surface area contributed by atoms with Crippen LogP contribution in [0.25, 0.3) is 0 Å². The van der Waals surface area contributed by atoms with Crippen molar-refractivity contribution in [3.8, 4) is 11.8 Å². The molecular formula is C16H14N2O3. The summed E-state index contributed by atoms with van der Waals surface area (Å²) in [6.45, 7) is 1.98. The van der Waals surface area contributed by atoms with E-state index in [-0.39, 0.29) is 11.4 Å². The maximum absolute atomic E-state index is 10.9. The highest BCUT2D eigenvalue weighted by Gasteiger charge is 2.18. The van der Waals surface area contributed by atoms with Gasteiger partial charge in [-0.25, -0.2) is 0 Å². The predicted molar refractivity (Wildman–Crippen MR) is 78.0 cm³/mol. The number of para-hydroxylation sites is 2. The molecule has 21 heavy (non-hydrogen) atoms. The van der Waals surface area contributed by atoms with Crippen LogP contribution in [0.4, 0.5) is 5.69 Å². The smallest absolute Gasteiger partial charge is 0.310 e. The molecule has 0 aliphatic heterocycles. The number of ether oxygens (including phenoxy) is 1. The van der Waals surface area contributed by atoms with E-state index in [1.807, 2.05) is 37.3 Å². The van der Waals surface area contributed by atoms with Gasteiger partial charge < -0.3 is 4.74 Å². The molecule has 0 heterocycles. The summed E-state index contributed by atoms with van der Waals surface area (Å²) in [7, 11) is 0. The van der Waals surface area contributed by atoms with Gasteiger partial charge >= 0.3 is 5.69 Å². The minimum atomic E-state index is -0.770. The zero-order valence-corrected chi connectivity index (χ0v) is 11.5. The lowest BCUT2D eigenvalue weighted by Crippen LogP contribution is -2.17. The average Bonchev–Trinajstić information content (AvgIpc) is 2.49. The highest BCUT2D eigenvalue weighted by molar-refractivity contribution is 5.46. The van der Waals surface area contributed by atoms with Crippen LogP contribution >= 0.6 is 0 Å². The standard InChI is InChI=1S/C16H14N2O3/c1-12-6-8-13(9-7-12)10-14(11-17)21-16-5-3-2-4-15(16)18(19)20/h2-9,14H,10H2,1H3/t14-/m0/s1. The number of nitriles is 1. The number of hydrogen-bond acceptors (Lipinski definition) is 4. The molecule has 2 aromatic carbocycles. The van der Waals surface area contributed by atoms with Crippen LogP contribution < -0.4 is 4.74 Å². The van der Waals surface area contributed by atoms with Crippen LogP contribution in [-0.4, -0.2) is 11.0 Å². The first-order valence-corrected chi connectivity index (χ1v) is 6.45. The Morgan fingerprint density at radius 3 is 2.52 bits per heavy atom. The largest absolute Gasteiger partial charge is 0.468 e. The van der Waals surface area contributed by atoms with Gasteiger partial charge in [-0.05, 0) is 18.6 Å². The van der Waals surface area contributed by atoms with Gasteiger partial charge in [0, 0.05) is 12.5 Å². The van der Waals surface area contributed by atoms with Gasteiger partial charge in [-0.15, -0.1) is 0 Å². The fourth-order valence-electron chi connectivity index (χ4n) is 1.91. The van der Waals surface area contributed by atoms with Gasteiger partial charge in [-0.2, -0.15) is 5.26 Å². The number of rotatable bonds is 5. The van der Waals surface area contributed by atoms with Gasteiger partial charge in [-0.1, -0.05) is 42.0 Å². The second-order valence-electron chi connectivity index (χ2n) is 4.65. The molecule has 0 aromatic heterocycles. The number of benzene rings is 2. The molecule has 0 N–H and O–H groups in total. The lowest BCUT2D eigenvalue weighted by molar-refractivity contribution is -0.386. The summed E-state index contributed by atoms with van der Waals surface area (Å²) in [4.78, 5) is 10.4. The summed E-state index contributed by atoms with van der Waals surface area (Å²) in [6.07, 6.45) is -0.392. The number of nitrogens with zero attached hydrogens (tertiary/aromatic N) is 2. The van der Waals surface area contributed by atoms with Crippen molar-refractivity contribution in [2.75, 3.05) is 0 Å². The number of aryl methyl sites for hydroxylation is 1. The summed E-state index contributed by atoms with van der Waals surface area (Å²) >= 11 is 0. The Kier molecular flexibility index (Phi) is 4.52. The van der Waals surface area contributed by atoms with Crippen molar-refractivity contribution in [2.24, 2.45) is 0 Å². The van der Waals surface area contributed by atoms with E-state index in [0.717, 1.165) is 11.1 Å². The van der Waals surface area contributed by atoms with Gasteiger partial charge in [0.25, 0.3) is 0 Å². The predicted octanol–water partition coefficient (Wildman–Crippen LogP) is 3.42. The molecule has 0 unspecified atom stereocenters. The first-order valence-electron chi connectivity index (χ1n) is 6.45. The lowest BCUT2D eigenvalue weighted by atomic mass is 10.1. The van der Waals surface area contributed by atoms with Crippen LogP contribution in [-0.2, 0) is 6.42 Å². The Morgan fingerprint density at radius 2 is 1.90 bits per heavy atom. The highest BCUT2D eigenvalue weighted by atomic mass is 16.6. The molecule has 0 radical (unpaired) electrons. The van der Waals surface area contributed by atoms with Crippen LogP contribution in [0, 0.1) is 28.4 Å². The van der Waals surface area contributed by atoms with Crippen molar-refractivity contribution in [1.82, 2.24) is 0 Å². The molecule has 5 nitrogen and oxygen atoms in total. The fourth-order valence-corrected chi connectivity index (χ4v) is 1.91. The first-order chi connectivity index (χ1) is 10.1. The molecule has 0 aliphatic carbocycles. The Bertz CT molecular complexity index is 675. The van der Waals surface area contributed by atoms with Gasteiger partial charge in [0.05, 0.1) is 4.92 Å². The Labute approximate surface area is 122 Å². The maximum atomic E-state index is 10.9. The third-order valence-corrected chi connectivity index (χ3v) is 3.02. The molecule has 106 valence electrons. The second kappa shape index (κ2) is 6.53. The van der Waals surface area contributed by atoms with Gasteiger partial charge in [-0.3, -0.25) is 10.1 Å². The van der Waals surface area contributed by atoms with Crippen molar-refractivity contribution >= 4 is 5.69 Å². The zero-order valence-electron chi connectivity index (χ0n) is 11.5. The van der Waals surface area contributed by atoms with Crippen LogP contribution in [0.1, 0.15) is 11.1 Å². The quantitative estimate of drug-likeness (QED) is 0.622. The summed E-state index contributed by atoms with van der Waals surface area (Å²) in [5.41, 5.74) is 1.94. The van der Waals surface area contributed by atoms with Crippen molar-refractivity contribution in [3.63, 3.8) is 0 Å². The van der Waals surface area contributed by atoms with E-state index >= 15 is 0 Å². The van der Waals surface area contributed by atoms with E-state index in [9.17, 15) is 15.4 Å². The molecule has 0 bridgehead atoms. The fraction of sp³-hybridized carbons (Fsp3) is 0.188. The molecule has 0 saturated carbocycles. The third-order valence-electron chi connectivity index (χ3n) is 3.02. The van der Waals surface area contributed by atoms with Crippen LogP contribution in [0.2, 0.25) is 0 Å². The lowest BCUT2D eigenvalue weighted by Gasteiger charge is -2.12. The molecule has 2 aromatic rings. The van der Waals surface area contributed by atoms with E-state index in [0.29, 0.717) is 6.42 Å². The number of hydrogen-bond donors (Lipinski definition) is 0. The van der Waals surface area contributed by atoms with Gasteiger partial charge in [0.2, 0.25) is 0 Å². The van der Waals surface area contributed by atoms with Crippen molar-refractivity contribution < 1.29 is 9.66 Å². The molecule has 1 atom stereocenters. The Hall–Kier alpha value is -2.87. The summed E-state index contributed by atoms with van der Waals surface area (Å²) in [6, 6.07) is 15.8. The maximum Gasteiger partial charge on any atom is 0.310 e. The summed E-state index contributed by atoms with van der Waals surface area (Å²) < 4.78 is 5.49. The molecule has 0 amide bonds. The first kappa shape index (κ1) is 14.5. The minimum absolute atomic E-state index is 0.112. The average molecular weight is 282 g/mol.